The first-order chi connectivity index (χ1) is 17.2. The number of rotatable bonds is 9. The molecule has 0 atom stereocenters. The summed E-state index contributed by atoms with van der Waals surface area (Å²) in [5, 5.41) is 0.0343. The van der Waals surface area contributed by atoms with Crippen LogP contribution in [-0.2, 0) is 16.6 Å². The topological polar surface area (TPSA) is 81.7 Å². The first-order valence-corrected chi connectivity index (χ1v) is 13.5. The third-order valence-electron chi connectivity index (χ3n) is 6.10. The van der Waals surface area contributed by atoms with E-state index in [4.69, 9.17) is 21.1 Å². The Bertz CT molecular complexity index is 1320. The largest absolute Gasteiger partial charge is 0.492 e. The molecule has 3 aromatic carbocycles. The molecule has 0 saturated heterocycles. The van der Waals surface area contributed by atoms with Gasteiger partial charge in [0.05, 0.1) is 22.1 Å². The van der Waals surface area contributed by atoms with Crippen molar-refractivity contribution in [3.8, 4) is 11.5 Å². The van der Waals surface area contributed by atoms with Crippen molar-refractivity contribution in [2.24, 2.45) is 5.92 Å². The molecule has 4 rings (SSSR count). The zero-order valence-electron chi connectivity index (χ0n) is 19.8. The lowest BCUT2D eigenvalue weighted by Crippen LogP contribution is -2.31. The number of hydrogen-bond donors (Lipinski definition) is 1. The van der Waals surface area contributed by atoms with Gasteiger partial charge >= 0.3 is 0 Å². The molecule has 0 aliphatic heterocycles. The number of amides is 1. The van der Waals surface area contributed by atoms with Gasteiger partial charge in [0.2, 0.25) is 0 Å². The summed E-state index contributed by atoms with van der Waals surface area (Å²) < 4.78 is 53.3. The number of benzene rings is 3. The molecule has 190 valence electrons. The Morgan fingerprint density at radius 3 is 2.36 bits per heavy atom. The van der Waals surface area contributed by atoms with Crippen LogP contribution < -0.4 is 14.2 Å². The van der Waals surface area contributed by atoms with Crippen LogP contribution >= 0.6 is 11.6 Å². The molecule has 0 bridgehead atoms. The van der Waals surface area contributed by atoms with Crippen molar-refractivity contribution in [2.45, 2.75) is 44.1 Å². The second-order valence-corrected chi connectivity index (χ2v) is 11.0. The van der Waals surface area contributed by atoms with Crippen LogP contribution in [0.15, 0.2) is 65.6 Å². The van der Waals surface area contributed by atoms with Crippen molar-refractivity contribution < 1.29 is 27.1 Å². The molecule has 1 aliphatic carbocycles. The van der Waals surface area contributed by atoms with Gasteiger partial charge in [0.1, 0.15) is 23.9 Å². The van der Waals surface area contributed by atoms with Crippen LogP contribution in [0.4, 0.5) is 4.39 Å². The zero-order valence-corrected chi connectivity index (χ0v) is 21.4. The average molecular weight is 532 g/mol. The predicted octanol–water partition coefficient (Wildman–Crippen LogP) is 6.05. The molecule has 0 spiro atoms. The van der Waals surface area contributed by atoms with Crippen LogP contribution in [0, 0.1) is 18.7 Å². The maximum Gasteiger partial charge on any atom is 0.268 e. The van der Waals surface area contributed by atoms with Gasteiger partial charge in [-0.2, -0.15) is 0 Å². The fourth-order valence-corrected chi connectivity index (χ4v) is 5.18. The first-order valence-electron chi connectivity index (χ1n) is 11.7. The summed E-state index contributed by atoms with van der Waals surface area (Å²) >= 11 is 6.18. The minimum absolute atomic E-state index is 0.0343. The molecule has 1 fully saturated rings. The van der Waals surface area contributed by atoms with Crippen molar-refractivity contribution in [3.63, 3.8) is 0 Å². The van der Waals surface area contributed by atoms with Crippen molar-refractivity contribution in [2.75, 3.05) is 6.61 Å². The molecule has 9 heteroatoms. The third kappa shape index (κ3) is 6.56. The van der Waals surface area contributed by atoms with E-state index in [1.807, 2.05) is 35.9 Å². The Balaban J connectivity index is 1.38. The second kappa shape index (κ2) is 11.3. The molecular weight excluding hydrogens is 505 g/mol. The van der Waals surface area contributed by atoms with E-state index in [9.17, 15) is 17.6 Å². The van der Waals surface area contributed by atoms with Gasteiger partial charge in [-0.3, -0.25) is 4.79 Å². The third-order valence-corrected chi connectivity index (χ3v) is 7.74. The minimum atomic E-state index is -4.25. The highest BCUT2D eigenvalue weighted by molar-refractivity contribution is 7.90. The highest BCUT2D eigenvalue weighted by Crippen LogP contribution is 2.31. The van der Waals surface area contributed by atoms with Crippen molar-refractivity contribution in [1.29, 1.82) is 0 Å². The predicted molar refractivity (Wildman–Crippen MR) is 135 cm³/mol. The molecule has 1 N–H and O–H groups in total. The average Bonchev–Trinajstić information content (AvgIpc) is 3.37. The summed E-state index contributed by atoms with van der Waals surface area (Å²) in [7, 11) is -4.25. The summed E-state index contributed by atoms with van der Waals surface area (Å²) in [5.74, 6) is -1.06. The van der Waals surface area contributed by atoms with E-state index in [-0.39, 0.29) is 15.7 Å². The molecule has 1 saturated carbocycles. The van der Waals surface area contributed by atoms with Crippen LogP contribution in [0.3, 0.4) is 0 Å². The summed E-state index contributed by atoms with van der Waals surface area (Å²) in [6.07, 6.45) is 4.40. The summed E-state index contributed by atoms with van der Waals surface area (Å²) in [6, 6.07) is 15.5. The summed E-state index contributed by atoms with van der Waals surface area (Å²) in [6.45, 7) is 2.74. The van der Waals surface area contributed by atoms with Crippen LogP contribution in [0.5, 0.6) is 11.5 Å². The van der Waals surface area contributed by atoms with Gasteiger partial charge in [0.25, 0.3) is 15.9 Å². The second-order valence-electron chi connectivity index (χ2n) is 8.90. The number of ether oxygens (including phenoxy) is 2. The molecule has 36 heavy (non-hydrogen) atoms. The Morgan fingerprint density at radius 1 is 1.03 bits per heavy atom. The number of nitrogens with one attached hydrogen (secondary N) is 1. The van der Waals surface area contributed by atoms with Crippen LogP contribution in [0.25, 0.3) is 0 Å². The van der Waals surface area contributed by atoms with Gasteiger partial charge < -0.3 is 9.47 Å². The van der Waals surface area contributed by atoms with Crippen molar-refractivity contribution in [3.05, 3.63) is 88.2 Å². The lowest BCUT2D eigenvalue weighted by molar-refractivity contribution is 0.0977. The SMILES string of the molecule is Cc1ccc(COc2ccc(S(=O)(=O)NC(=O)c3cc(Cl)c(OCC4CCCC4)cc3F)cc2)cc1. The van der Waals surface area contributed by atoms with Crippen LogP contribution in [0.1, 0.15) is 47.2 Å². The van der Waals surface area contributed by atoms with Gasteiger partial charge in [0, 0.05) is 6.07 Å². The van der Waals surface area contributed by atoms with E-state index in [0.717, 1.165) is 48.9 Å². The summed E-state index contributed by atoms with van der Waals surface area (Å²) in [5.41, 5.74) is 1.62. The Labute approximate surface area is 215 Å². The van der Waals surface area contributed by atoms with Gasteiger partial charge in [-0.1, -0.05) is 54.3 Å². The number of aryl methyl sites for hydroxylation is 1. The molecule has 1 aliphatic rings. The molecule has 0 unspecified atom stereocenters. The van der Waals surface area contributed by atoms with Crippen molar-refractivity contribution >= 4 is 27.5 Å². The molecule has 6 nitrogen and oxygen atoms in total. The monoisotopic (exact) mass is 531 g/mol. The number of carbonyl (C=O) groups is 1. The Hall–Kier alpha value is -3.10. The Kier molecular flexibility index (Phi) is 8.16. The van der Waals surface area contributed by atoms with E-state index in [1.165, 1.54) is 24.3 Å². The van der Waals surface area contributed by atoms with E-state index in [2.05, 4.69) is 0 Å². The lowest BCUT2D eigenvalue weighted by atomic mass is 10.1. The van der Waals surface area contributed by atoms with Gasteiger partial charge in [-0.15, -0.1) is 0 Å². The standard InChI is InChI=1S/C27H27ClFNO5S/c1-18-6-8-20(9-7-18)16-34-21-10-12-22(13-11-21)36(32,33)30-27(31)23-14-24(28)26(15-25(23)29)35-17-19-4-2-3-5-19/h6-15,19H,2-5,16-17H2,1H3,(H,30,31). The van der Waals surface area contributed by atoms with E-state index in [0.29, 0.717) is 24.9 Å². The molecule has 3 aromatic rings. The number of halogens is 2. The molecule has 0 heterocycles. The minimum Gasteiger partial charge on any atom is -0.492 e. The maximum absolute atomic E-state index is 14.6. The fraction of sp³-hybridized carbons (Fsp3) is 0.296. The van der Waals surface area contributed by atoms with Gasteiger partial charge in [-0.25, -0.2) is 17.5 Å². The molecule has 0 radical (unpaired) electrons. The molecular formula is C27H27ClFNO5S. The number of carbonyl (C=O) groups excluding carboxylic acids is 1. The van der Waals surface area contributed by atoms with E-state index in [1.54, 1.807) is 0 Å². The number of hydrogen-bond acceptors (Lipinski definition) is 5. The van der Waals surface area contributed by atoms with Crippen molar-refractivity contribution in [1.82, 2.24) is 4.72 Å². The van der Waals surface area contributed by atoms with E-state index >= 15 is 0 Å². The zero-order chi connectivity index (χ0) is 25.7. The number of sulfonamides is 1. The van der Waals surface area contributed by atoms with E-state index < -0.39 is 27.3 Å². The highest BCUT2D eigenvalue weighted by Gasteiger charge is 2.23. The smallest absolute Gasteiger partial charge is 0.268 e. The lowest BCUT2D eigenvalue weighted by Gasteiger charge is -2.14. The summed E-state index contributed by atoms with van der Waals surface area (Å²) in [4.78, 5) is 12.4. The maximum atomic E-state index is 14.6. The normalized spacial score (nSPS) is 14.0. The Morgan fingerprint density at radius 2 is 1.69 bits per heavy atom. The highest BCUT2D eigenvalue weighted by atomic mass is 35.5. The van der Waals surface area contributed by atoms with Crippen LogP contribution in [-0.4, -0.2) is 20.9 Å². The van der Waals surface area contributed by atoms with Gasteiger partial charge in [0.15, 0.2) is 0 Å². The fourth-order valence-electron chi connectivity index (χ4n) is 4.00. The quantitative estimate of drug-likeness (QED) is 0.363. The molecule has 0 aromatic heterocycles. The van der Waals surface area contributed by atoms with Crippen LogP contribution in [0.2, 0.25) is 5.02 Å². The molecule has 1 amide bonds. The van der Waals surface area contributed by atoms with Gasteiger partial charge in [-0.05, 0) is 61.6 Å². The first kappa shape index (κ1) is 26.0.